The van der Waals surface area contributed by atoms with Crippen molar-refractivity contribution in [3.63, 3.8) is 0 Å². The molecule has 2 unspecified atom stereocenters. The smallest absolute Gasteiger partial charge is 0.308 e. The number of carboxylic acids is 1. The van der Waals surface area contributed by atoms with Crippen molar-refractivity contribution < 1.29 is 14.3 Å². The Morgan fingerprint density at radius 1 is 1.44 bits per heavy atom. The van der Waals surface area contributed by atoms with E-state index in [2.05, 4.69) is 0 Å². The first-order valence-electron chi connectivity index (χ1n) is 5.28. The van der Waals surface area contributed by atoms with Crippen molar-refractivity contribution in [1.29, 1.82) is 0 Å². The van der Waals surface area contributed by atoms with Gasteiger partial charge in [-0.3, -0.25) is 9.69 Å². The van der Waals surface area contributed by atoms with Gasteiger partial charge in [-0.1, -0.05) is 12.1 Å². The second-order valence-electron chi connectivity index (χ2n) is 4.21. The van der Waals surface area contributed by atoms with Gasteiger partial charge in [0.25, 0.3) is 0 Å². The maximum Gasteiger partial charge on any atom is 0.308 e. The molecule has 2 rings (SSSR count). The zero-order chi connectivity index (χ0) is 11.7. The SMILES string of the molecule is CN1CCC(C(=O)O)C1c1ccc(F)cc1. The number of aliphatic carboxylic acids is 1. The molecule has 1 aliphatic rings. The van der Waals surface area contributed by atoms with E-state index in [1.165, 1.54) is 12.1 Å². The Morgan fingerprint density at radius 2 is 2.06 bits per heavy atom. The van der Waals surface area contributed by atoms with Crippen LogP contribution >= 0.6 is 0 Å². The molecule has 1 aromatic carbocycles. The highest BCUT2D eigenvalue weighted by molar-refractivity contribution is 5.71. The van der Waals surface area contributed by atoms with E-state index in [0.29, 0.717) is 6.42 Å². The van der Waals surface area contributed by atoms with Gasteiger partial charge in [0, 0.05) is 6.04 Å². The highest BCUT2D eigenvalue weighted by Crippen LogP contribution is 2.36. The fraction of sp³-hybridized carbons (Fsp3) is 0.417. The first kappa shape index (κ1) is 11.1. The molecule has 0 aromatic heterocycles. The highest BCUT2D eigenvalue weighted by atomic mass is 19.1. The minimum absolute atomic E-state index is 0.141. The molecule has 0 amide bonds. The van der Waals surface area contributed by atoms with Gasteiger partial charge in [0.2, 0.25) is 0 Å². The maximum absolute atomic E-state index is 12.8. The van der Waals surface area contributed by atoms with Crippen LogP contribution in [0.1, 0.15) is 18.0 Å². The fourth-order valence-electron chi connectivity index (χ4n) is 2.35. The summed E-state index contributed by atoms with van der Waals surface area (Å²) in [5.41, 5.74) is 0.869. The highest BCUT2D eigenvalue weighted by Gasteiger charge is 2.37. The van der Waals surface area contributed by atoms with Crippen molar-refractivity contribution in [2.45, 2.75) is 12.5 Å². The first-order valence-corrected chi connectivity index (χ1v) is 5.28. The van der Waals surface area contributed by atoms with Gasteiger partial charge < -0.3 is 5.11 Å². The van der Waals surface area contributed by atoms with Crippen LogP contribution in [0.5, 0.6) is 0 Å². The van der Waals surface area contributed by atoms with Crippen molar-refractivity contribution in [2.24, 2.45) is 5.92 Å². The molecule has 2 atom stereocenters. The third-order valence-electron chi connectivity index (χ3n) is 3.18. The Hall–Kier alpha value is -1.42. The fourth-order valence-corrected chi connectivity index (χ4v) is 2.35. The monoisotopic (exact) mass is 223 g/mol. The van der Waals surface area contributed by atoms with Crippen LogP contribution in [0, 0.1) is 11.7 Å². The van der Waals surface area contributed by atoms with Crippen molar-refractivity contribution in [1.82, 2.24) is 4.90 Å². The topological polar surface area (TPSA) is 40.5 Å². The van der Waals surface area contributed by atoms with Gasteiger partial charge in [-0.25, -0.2) is 4.39 Å². The summed E-state index contributed by atoms with van der Waals surface area (Å²) < 4.78 is 12.8. The van der Waals surface area contributed by atoms with Crippen molar-refractivity contribution >= 4 is 5.97 Å². The number of halogens is 1. The molecular weight excluding hydrogens is 209 g/mol. The number of hydrogen-bond acceptors (Lipinski definition) is 2. The molecule has 1 saturated heterocycles. The maximum atomic E-state index is 12.8. The predicted molar refractivity (Wildman–Crippen MR) is 57.5 cm³/mol. The zero-order valence-corrected chi connectivity index (χ0v) is 9.06. The summed E-state index contributed by atoms with van der Waals surface area (Å²) in [6.45, 7) is 0.763. The molecule has 4 heteroatoms. The summed E-state index contributed by atoms with van der Waals surface area (Å²) in [6.07, 6.45) is 0.647. The molecule has 1 aliphatic heterocycles. The van der Waals surface area contributed by atoms with Crippen LogP contribution in [0.15, 0.2) is 24.3 Å². The average molecular weight is 223 g/mol. The number of benzene rings is 1. The second-order valence-corrected chi connectivity index (χ2v) is 4.21. The van der Waals surface area contributed by atoms with Gasteiger partial charge in [-0.15, -0.1) is 0 Å². The van der Waals surface area contributed by atoms with E-state index in [1.807, 2.05) is 11.9 Å². The van der Waals surface area contributed by atoms with E-state index < -0.39 is 11.9 Å². The van der Waals surface area contributed by atoms with Gasteiger partial charge in [0.05, 0.1) is 5.92 Å². The van der Waals surface area contributed by atoms with Crippen LogP contribution in [-0.2, 0) is 4.79 Å². The molecule has 0 spiro atoms. The summed E-state index contributed by atoms with van der Waals surface area (Å²) in [5, 5.41) is 9.12. The van der Waals surface area contributed by atoms with Gasteiger partial charge in [-0.05, 0) is 37.7 Å². The Balaban J connectivity index is 2.29. The molecule has 1 heterocycles. The minimum atomic E-state index is -0.779. The number of nitrogens with zero attached hydrogens (tertiary/aromatic N) is 1. The molecule has 3 nitrogen and oxygen atoms in total. The Kier molecular flexibility index (Phi) is 2.92. The Labute approximate surface area is 93.5 Å². The quantitative estimate of drug-likeness (QED) is 0.832. The number of likely N-dealkylation sites (tertiary alicyclic amines) is 1. The van der Waals surface area contributed by atoms with Gasteiger partial charge >= 0.3 is 5.97 Å². The van der Waals surface area contributed by atoms with E-state index in [4.69, 9.17) is 5.11 Å². The molecule has 0 saturated carbocycles. The van der Waals surface area contributed by atoms with E-state index in [1.54, 1.807) is 12.1 Å². The van der Waals surface area contributed by atoms with Crippen molar-refractivity contribution in [3.8, 4) is 0 Å². The summed E-state index contributed by atoms with van der Waals surface area (Å²) >= 11 is 0. The van der Waals surface area contributed by atoms with Gasteiger partial charge in [0.15, 0.2) is 0 Å². The summed E-state index contributed by atoms with van der Waals surface area (Å²) in [7, 11) is 1.90. The Bertz CT molecular complexity index is 391. The molecular formula is C12H14FNO2. The van der Waals surface area contributed by atoms with E-state index >= 15 is 0 Å². The third kappa shape index (κ3) is 1.93. The van der Waals surface area contributed by atoms with Crippen LogP contribution in [0.3, 0.4) is 0 Å². The second kappa shape index (κ2) is 4.22. The first-order chi connectivity index (χ1) is 7.59. The molecule has 0 bridgehead atoms. The lowest BCUT2D eigenvalue weighted by Crippen LogP contribution is -2.25. The van der Waals surface area contributed by atoms with Gasteiger partial charge in [-0.2, -0.15) is 0 Å². The molecule has 1 aromatic rings. The minimum Gasteiger partial charge on any atom is -0.481 e. The van der Waals surface area contributed by atoms with E-state index in [-0.39, 0.29) is 11.9 Å². The van der Waals surface area contributed by atoms with E-state index in [0.717, 1.165) is 12.1 Å². The molecule has 0 aliphatic carbocycles. The van der Waals surface area contributed by atoms with Crippen LogP contribution in [0.4, 0.5) is 4.39 Å². The molecule has 86 valence electrons. The lowest BCUT2D eigenvalue weighted by molar-refractivity contribution is -0.142. The van der Waals surface area contributed by atoms with Gasteiger partial charge in [0.1, 0.15) is 5.82 Å². The van der Waals surface area contributed by atoms with Crippen LogP contribution < -0.4 is 0 Å². The Morgan fingerprint density at radius 3 is 2.62 bits per heavy atom. The number of hydrogen-bond donors (Lipinski definition) is 1. The summed E-state index contributed by atoms with van der Waals surface area (Å²) in [5.74, 6) is -1.47. The third-order valence-corrected chi connectivity index (χ3v) is 3.18. The lowest BCUT2D eigenvalue weighted by Gasteiger charge is -2.23. The molecule has 1 fully saturated rings. The summed E-state index contributed by atoms with van der Waals surface area (Å²) in [4.78, 5) is 13.1. The van der Waals surface area contributed by atoms with Crippen LogP contribution in [0.25, 0.3) is 0 Å². The van der Waals surface area contributed by atoms with E-state index in [9.17, 15) is 9.18 Å². The summed E-state index contributed by atoms with van der Waals surface area (Å²) in [6, 6.07) is 5.94. The molecule has 1 N–H and O–H groups in total. The van der Waals surface area contributed by atoms with Crippen molar-refractivity contribution in [3.05, 3.63) is 35.6 Å². The van der Waals surface area contributed by atoms with Crippen LogP contribution in [-0.4, -0.2) is 29.6 Å². The average Bonchev–Trinajstić information content (AvgIpc) is 2.62. The molecule has 0 radical (unpaired) electrons. The lowest BCUT2D eigenvalue weighted by atomic mass is 9.94. The predicted octanol–water partition coefficient (Wildman–Crippen LogP) is 1.90. The normalized spacial score (nSPS) is 25.9. The number of rotatable bonds is 2. The van der Waals surface area contributed by atoms with Crippen LogP contribution in [0.2, 0.25) is 0 Å². The number of carboxylic acid groups (broad SMARTS) is 1. The molecule has 16 heavy (non-hydrogen) atoms. The number of carbonyl (C=O) groups is 1. The van der Waals surface area contributed by atoms with Crippen molar-refractivity contribution in [2.75, 3.05) is 13.6 Å². The standard InChI is InChI=1S/C12H14FNO2/c1-14-7-6-10(12(15)16)11(14)8-2-4-9(13)5-3-8/h2-5,10-11H,6-7H2,1H3,(H,15,16). The largest absolute Gasteiger partial charge is 0.481 e. The zero-order valence-electron chi connectivity index (χ0n) is 9.06.